The van der Waals surface area contributed by atoms with Crippen LogP contribution in [0.15, 0.2) is 12.1 Å². The number of aromatic nitrogens is 1. The molecule has 2 aromatic rings. The maximum absolute atomic E-state index is 5.75. The molecule has 86 valence electrons. The van der Waals surface area contributed by atoms with E-state index in [1.165, 1.54) is 6.42 Å². The Morgan fingerprint density at radius 2 is 2.06 bits per heavy atom. The number of fused-ring (bicyclic) bond motifs is 1. The van der Waals surface area contributed by atoms with Crippen molar-refractivity contribution >= 4 is 38.1 Å². The molecule has 0 saturated carbocycles. The fourth-order valence-corrected chi connectivity index (χ4v) is 2.38. The molecule has 0 aliphatic heterocycles. The van der Waals surface area contributed by atoms with E-state index in [0.29, 0.717) is 11.4 Å². The molecule has 0 amide bonds. The van der Waals surface area contributed by atoms with Gasteiger partial charge in [-0.2, -0.15) is 0 Å². The lowest BCUT2D eigenvalue weighted by Crippen LogP contribution is -1.99. The average molecular weight is 236 g/mol. The molecule has 1 aromatic heterocycles. The Morgan fingerprint density at radius 3 is 2.81 bits per heavy atom. The Bertz CT molecular complexity index is 453. The zero-order valence-electron chi connectivity index (χ0n) is 9.29. The zero-order chi connectivity index (χ0) is 11.5. The van der Waals surface area contributed by atoms with Crippen LogP contribution in [0, 0.1) is 0 Å². The van der Waals surface area contributed by atoms with E-state index >= 15 is 0 Å². The molecule has 0 aliphatic carbocycles. The summed E-state index contributed by atoms with van der Waals surface area (Å²) in [4.78, 5) is 4.46. The number of rotatable bonds is 4. The van der Waals surface area contributed by atoms with Gasteiger partial charge in [0.1, 0.15) is 0 Å². The van der Waals surface area contributed by atoms with E-state index in [0.717, 1.165) is 28.3 Å². The van der Waals surface area contributed by atoms with Crippen LogP contribution >= 0.6 is 11.3 Å². The molecular formula is C11H16N4S. The highest BCUT2D eigenvalue weighted by Crippen LogP contribution is 2.30. The molecule has 0 radical (unpaired) electrons. The molecule has 0 atom stereocenters. The standard InChI is InChI=1S/C11H16N4S/c1-2-3-4-14-11-15-9-5-7(12)8(13)6-10(9)16-11/h5-6H,2-4,12-13H2,1H3,(H,14,15). The van der Waals surface area contributed by atoms with Crippen molar-refractivity contribution in [1.29, 1.82) is 0 Å². The summed E-state index contributed by atoms with van der Waals surface area (Å²) in [7, 11) is 0. The highest BCUT2D eigenvalue weighted by molar-refractivity contribution is 7.22. The van der Waals surface area contributed by atoms with Gasteiger partial charge >= 0.3 is 0 Å². The smallest absolute Gasteiger partial charge is 0.183 e. The first-order valence-electron chi connectivity index (χ1n) is 5.40. The number of hydrogen-bond donors (Lipinski definition) is 3. The quantitative estimate of drug-likeness (QED) is 0.563. The van der Waals surface area contributed by atoms with Crippen molar-refractivity contribution < 1.29 is 0 Å². The summed E-state index contributed by atoms with van der Waals surface area (Å²) in [6.45, 7) is 3.13. The Hall–Kier alpha value is -1.49. The molecule has 0 saturated heterocycles. The van der Waals surface area contributed by atoms with E-state index in [1.807, 2.05) is 12.1 Å². The van der Waals surface area contributed by atoms with E-state index in [-0.39, 0.29) is 0 Å². The van der Waals surface area contributed by atoms with Gasteiger partial charge in [0.05, 0.1) is 21.6 Å². The number of nitrogens with one attached hydrogen (secondary N) is 1. The SMILES string of the molecule is CCCCNc1nc2cc(N)c(N)cc2s1. The summed E-state index contributed by atoms with van der Waals surface area (Å²) >= 11 is 1.61. The summed E-state index contributed by atoms with van der Waals surface area (Å²) in [6.07, 6.45) is 2.33. The second-order valence-corrected chi connectivity index (χ2v) is 4.78. The minimum atomic E-state index is 0.595. The number of nitrogen functional groups attached to an aromatic ring is 2. The van der Waals surface area contributed by atoms with Gasteiger partial charge in [-0.15, -0.1) is 0 Å². The number of benzene rings is 1. The first-order chi connectivity index (χ1) is 7.70. The lowest BCUT2D eigenvalue weighted by Gasteiger charge is -1.98. The number of nitrogens with two attached hydrogens (primary N) is 2. The highest BCUT2D eigenvalue weighted by atomic mass is 32.1. The minimum Gasteiger partial charge on any atom is -0.397 e. The predicted octanol–water partition coefficient (Wildman–Crippen LogP) is 2.67. The van der Waals surface area contributed by atoms with E-state index in [9.17, 15) is 0 Å². The van der Waals surface area contributed by atoms with Gasteiger partial charge in [-0.1, -0.05) is 24.7 Å². The maximum Gasteiger partial charge on any atom is 0.183 e. The molecule has 16 heavy (non-hydrogen) atoms. The van der Waals surface area contributed by atoms with Gasteiger partial charge in [0, 0.05) is 6.54 Å². The van der Waals surface area contributed by atoms with Crippen molar-refractivity contribution in [1.82, 2.24) is 4.98 Å². The molecule has 0 aliphatic rings. The van der Waals surface area contributed by atoms with Crippen molar-refractivity contribution in [3.8, 4) is 0 Å². The van der Waals surface area contributed by atoms with E-state index in [4.69, 9.17) is 11.5 Å². The summed E-state index contributed by atoms with van der Waals surface area (Å²) in [6, 6.07) is 3.71. The number of thiazole rings is 1. The Balaban J connectivity index is 2.23. The second-order valence-electron chi connectivity index (χ2n) is 3.75. The maximum atomic E-state index is 5.75. The highest BCUT2D eigenvalue weighted by Gasteiger charge is 2.05. The van der Waals surface area contributed by atoms with Crippen molar-refractivity contribution in [2.75, 3.05) is 23.3 Å². The third-order valence-electron chi connectivity index (χ3n) is 2.40. The number of anilines is 3. The monoisotopic (exact) mass is 236 g/mol. The molecule has 5 heteroatoms. The van der Waals surface area contributed by atoms with Crippen LogP contribution in [0.4, 0.5) is 16.5 Å². The van der Waals surface area contributed by atoms with Crippen LogP contribution in [0.2, 0.25) is 0 Å². The molecular weight excluding hydrogens is 220 g/mol. The lowest BCUT2D eigenvalue weighted by atomic mass is 10.2. The van der Waals surface area contributed by atoms with Gasteiger partial charge in [0.2, 0.25) is 0 Å². The van der Waals surface area contributed by atoms with Gasteiger partial charge in [0.15, 0.2) is 5.13 Å². The van der Waals surface area contributed by atoms with Gasteiger partial charge in [-0.05, 0) is 18.6 Å². The molecule has 0 spiro atoms. The van der Waals surface area contributed by atoms with Crippen LogP contribution in [0.1, 0.15) is 19.8 Å². The third kappa shape index (κ3) is 2.19. The second kappa shape index (κ2) is 4.57. The number of unbranched alkanes of at least 4 members (excludes halogenated alkanes) is 1. The van der Waals surface area contributed by atoms with Crippen molar-refractivity contribution in [3.63, 3.8) is 0 Å². The summed E-state index contributed by atoms with van der Waals surface area (Å²) in [5.41, 5.74) is 13.6. The summed E-state index contributed by atoms with van der Waals surface area (Å²) in [5, 5.41) is 4.24. The summed E-state index contributed by atoms with van der Waals surface area (Å²) < 4.78 is 1.07. The van der Waals surface area contributed by atoms with Crippen molar-refractivity contribution in [3.05, 3.63) is 12.1 Å². The van der Waals surface area contributed by atoms with Crippen LogP contribution in [-0.4, -0.2) is 11.5 Å². The minimum absolute atomic E-state index is 0.595. The fourth-order valence-electron chi connectivity index (χ4n) is 1.45. The first-order valence-corrected chi connectivity index (χ1v) is 6.21. The lowest BCUT2D eigenvalue weighted by molar-refractivity contribution is 0.834. The molecule has 1 heterocycles. The molecule has 0 fully saturated rings. The van der Waals surface area contributed by atoms with Crippen LogP contribution in [-0.2, 0) is 0 Å². The molecule has 0 bridgehead atoms. The Labute approximate surface area is 98.7 Å². The van der Waals surface area contributed by atoms with Crippen LogP contribution in [0.5, 0.6) is 0 Å². The van der Waals surface area contributed by atoms with Gasteiger partial charge in [0.25, 0.3) is 0 Å². The van der Waals surface area contributed by atoms with E-state index in [1.54, 1.807) is 11.3 Å². The third-order valence-corrected chi connectivity index (χ3v) is 3.38. The molecule has 2 rings (SSSR count). The van der Waals surface area contributed by atoms with Crippen LogP contribution in [0.3, 0.4) is 0 Å². The summed E-state index contributed by atoms with van der Waals surface area (Å²) in [5.74, 6) is 0. The Morgan fingerprint density at radius 1 is 1.31 bits per heavy atom. The largest absolute Gasteiger partial charge is 0.397 e. The normalized spacial score (nSPS) is 10.8. The molecule has 1 aromatic carbocycles. The van der Waals surface area contributed by atoms with Crippen molar-refractivity contribution in [2.24, 2.45) is 0 Å². The average Bonchev–Trinajstić information content (AvgIpc) is 2.61. The predicted molar refractivity (Wildman–Crippen MR) is 71.8 cm³/mol. The van der Waals surface area contributed by atoms with E-state index < -0.39 is 0 Å². The molecule has 5 N–H and O–H groups in total. The van der Waals surface area contributed by atoms with Crippen molar-refractivity contribution in [2.45, 2.75) is 19.8 Å². The molecule has 4 nitrogen and oxygen atoms in total. The molecule has 0 unspecified atom stereocenters. The Kier molecular flexibility index (Phi) is 3.14. The fraction of sp³-hybridized carbons (Fsp3) is 0.364. The number of hydrogen-bond acceptors (Lipinski definition) is 5. The van der Waals surface area contributed by atoms with Crippen LogP contribution < -0.4 is 16.8 Å². The van der Waals surface area contributed by atoms with Crippen LogP contribution in [0.25, 0.3) is 10.2 Å². The van der Waals surface area contributed by atoms with Gasteiger partial charge in [-0.3, -0.25) is 0 Å². The zero-order valence-corrected chi connectivity index (χ0v) is 10.1. The first kappa shape index (κ1) is 11.0. The van der Waals surface area contributed by atoms with E-state index in [2.05, 4.69) is 17.2 Å². The van der Waals surface area contributed by atoms with Gasteiger partial charge in [-0.25, -0.2) is 4.98 Å². The topological polar surface area (TPSA) is 77.0 Å². The number of nitrogens with zero attached hydrogens (tertiary/aromatic N) is 1. The van der Waals surface area contributed by atoms with Gasteiger partial charge < -0.3 is 16.8 Å².